The molecular formula is C22H18O7P+. The van der Waals surface area contributed by atoms with Crippen LogP contribution in [0, 0.1) is 13.8 Å². The summed E-state index contributed by atoms with van der Waals surface area (Å²) >= 11 is 0. The predicted molar refractivity (Wildman–Crippen MR) is 110 cm³/mol. The zero-order valence-corrected chi connectivity index (χ0v) is 17.2. The SMILES string of the molecule is Cc1cc2cc(C(=O)CO[P+](=O)OCC(=O)c3ccc4oc(C)cc4c3)ccc2o1. The molecule has 0 atom stereocenters. The molecule has 152 valence electrons. The Morgan fingerprint density at radius 3 is 1.63 bits per heavy atom. The van der Waals surface area contributed by atoms with Crippen LogP contribution in [0.2, 0.25) is 0 Å². The molecule has 4 rings (SSSR count). The maximum absolute atomic E-state index is 12.3. The number of benzene rings is 2. The lowest BCUT2D eigenvalue weighted by Gasteiger charge is -1.98. The van der Waals surface area contributed by atoms with Crippen molar-refractivity contribution in [2.45, 2.75) is 13.8 Å². The summed E-state index contributed by atoms with van der Waals surface area (Å²) in [6.45, 7) is 2.79. The topological polar surface area (TPSA) is 96.0 Å². The van der Waals surface area contributed by atoms with E-state index in [1.165, 1.54) is 0 Å². The van der Waals surface area contributed by atoms with Gasteiger partial charge < -0.3 is 8.83 Å². The molecule has 8 heteroatoms. The lowest BCUT2D eigenvalue weighted by atomic mass is 10.1. The number of rotatable bonds is 8. The molecule has 0 fully saturated rings. The van der Waals surface area contributed by atoms with Crippen LogP contribution in [-0.4, -0.2) is 24.8 Å². The third kappa shape index (κ3) is 4.39. The van der Waals surface area contributed by atoms with Gasteiger partial charge in [0.1, 0.15) is 22.7 Å². The van der Waals surface area contributed by atoms with Crippen LogP contribution in [0.1, 0.15) is 32.2 Å². The standard InChI is InChI=1S/C22H18O7P/c1-13-7-17-9-15(3-5-21(17)28-13)19(23)11-26-30(25)27-12-20(24)16-4-6-22-18(10-16)8-14(2)29-22/h3-10H,11-12H2,1-2H3/q+1. The molecule has 0 bridgehead atoms. The number of carbonyl (C=O) groups excluding carboxylic acids is 2. The van der Waals surface area contributed by atoms with Crippen LogP contribution in [0.25, 0.3) is 21.9 Å². The van der Waals surface area contributed by atoms with E-state index >= 15 is 0 Å². The van der Waals surface area contributed by atoms with E-state index in [-0.39, 0.29) is 11.6 Å². The van der Waals surface area contributed by atoms with Crippen molar-refractivity contribution in [2.24, 2.45) is 0 Å². The maximum Gasteiger partial charge on any atom is 0.698 e. The average molecular weight is 425 g/mol. The normalized spacial score (nSPS) is 11.3. The van der Waals surface area contributed by atoms with Gasteiger partial charge in [-0.25, -0.2) is 0 Å². The van der Waals surface area contributed by atoms with E-state index in [1.54, 1.807) is 36.4 Å². The summed E-state index contributed by atoms with van der Waals surface area (Å²) < 4.78 is 32.8. The van der Waals surface area contributed by atoms with Gasteiger partial charge in [-0.05, 0) is 62.4 Å². The van der Waals surface area contributed by atoms with E-state index in [0.717, 1.165) is 22.3 Å². The molecule has 0 aliphatic heterocycles. The third-order valence-corrected chi connectivity index (χ3v) is 5.20. The van der Waals surface area contributed by atoms with Crippen molar-refractivity contribution in [1.82, 2.24) is 0 Å². The summed E-state index contributed by atoms with van der Waals surface area (Å²) in [5, 5.41) is 1.60. The molecule has 4 aromatic rings. The van der Waals surface area contributed by atoms with E-state index in [2.05, 4.69) is 0 Å². The number of fused-ring (bicyclic) bond motifs is 2. The Kier molecular flexibility index (Phi) is 5.59. The largest absolute Gasteiger partial charge is 0.698 e. The number of Topliss-reactive ketones (excluding diaryl/α,β-unsaturated/α-hetero) is 2. The van der Waals surface area contributed by atoms with Gasteiger partial charge >= 0.3 is 8.25 Å². The number of ketones is 2. The predicted octanol–water partition coefficient (Wildman–Crippen LogP) is 5.55. The molecular weight excluding hydrogens is 407 g/mol. The first kappa shape index (κ1) is 20.2. The van der Waals surface area contributed by atoms with Gasteiger partial charge in [-0.2, -0.15) is 0 Å². The van der Waals surface area contributed by atoms with Gasteiger partial charge in [0.25, 0.3) is 0 Å². The highest BCUT2D eigenvalue weighted by Crippen LogP contribution is 2.26. The Labute approximate surface area is 172 Å². The van der Waals surface area contributed by atoms with Crippen molar-refractivity contribution in [3.05, 3.63) is 71.2 Å². The fourth-order valence-electron chi connectivity index (χ4n) is 3.13. The molecule has 0 aliphatic rings. The first-order valence-corrected chi connectivity index (χ1v) is 10.3. The van der Waals surface area contributed by atoms with E-state index in [9.17, 15) is 14.2 Å². The van der Waals surface area contributed by atoms with Crippen molar-refractivity contribution in [3.63, 3.8) is 0 Å². The average Bonchev–Trinajstić information content (AvgIpc) is 3.28. The van der Waals surface area contributed by atoms with Crippen molar-refractivity contribution in [3.8, 4) is 0 Å². The molecule has 0 amide bonds. The quantitative estimate of drug-likeness (QED) is 0.270. The van der Waals surface area contributed by atoms with Gasteiger partial charge in [0.2, 0.25) is 0 Å². The molecule has 0 unspecified atom stereocenters. The van der Waals surface area contributed by atoms with Gasteiger partial charge in [0.15, 0.2) is 24.8 Å². The minimum Gasteiger partial charge on any atom is -0.461 e. The van der Waals surface area contributed by atoms with Gasteiger partial charge in [-0.1, -0.05) is 0 Å². The number of aryl methyl sites for hydroxylation is 2. The molecule has 2 aromatic heterocycles. The van der Waals surface area contributed by atoms with Crippen LogP contribution in [0.15, 0.2) is 57.4 Å². The van der Waals surface area contributed by atoms with Crippen LogP contribution in [0.3, 0.4) is 0 Å². The fraction of sp³-hybridized carbons (Fsp3) is 0.182. The first-order valence-electron chi connectivity index (χ1n) is 9.19. The molecule has 30 heavy (non-hydrogen) atoms. The second-order valence-corrected chi connectivity index (χ2v) is 7.80. The summed E-state index contributed by atoms with van der Waals surface area (Å²) in [6, 6.07) is 13.6. The second kappa shape index (κ2) is 8.32. The van der Waals surface area contributed by atoms with E-state index < -0.39 is 21.5 Å². The lowest BCUT2D eigenvalue weighted by Crippen LogP contribution is -2.09. The smallest absolute Gasteiger partial charge is 0.461 e. The van der Waals surface area contributed by atoms with E-state index in [0.29, 0.717) is 22.3 Å². The summed E-state index contributed by atoms with van der Waals surface area (Å²) in [5.74, 6) is 0.785. The Morgan fingerprint density at radius 1 is 0.767 bits per heavy atom. The van der Waals surface area contributed by atoms with Crippen molar-refractivity contribution in [1.29, 1.82) is 0 Å². The molecule has 2 aromatic carbocycles. The van der Waals surface area contributed by atoms with Gasteiger partial charge in [0, 0.05) is 26.5 Å². The van der Waals surface area contributed by atoms with E-state index in [4.69, 9.17) is 17.9 Å². The maximum atomic E-state index is 12.3. The van der Waals surface area contributed by atoms with E-state index in [1.807, 2.05) is 26.0 Å². The fourth-order valence-corrected chi connectivity index (χ4v) is 3.65. The highest BCUT2D eigenvalue weighted by atomic mass is 31.1. The monoisotopic (exact) mass is 425 g/mol. The third-order valence-electron chi connectivity index (χ3n) is 4.53. The molecule has 0 saturated carbocycles. The van der Waals surface area contributed by atoms with Crippen molar-refractivity contribution < 1.29 is 32.0 Å². The number of furan rings is 2. The summed E-state index contributed by atoms with van der Waals surface area (Å²) in [4.78, 5) is 24.5. The highest BCUT2D eigenvalue weighted by molar-refractivity contribution is 7.33. The second-order valence-electron chi connectivity index (χ2n) is 6.84. The number of carbonyl (C=O) groups is 2. The molecule has 2 heterocycles. The minimum atomic E-state index is -2.62. The Balaban J connectivity index is 1.30. The van der Waals surface area contributed by atoms with Gasteiger partial charge in [0.05, 0.1) is 0 Å². The Bertz CT molecular complexity index is 1180. The molecule has 0 spiro atoms. The van der Waals surface area contributed by atoms with Crippen LogP contribution < -0.4 is 0 Å². The van der Waals surface area contributed by atoms with Gasteiger partial charge in [-0.15, -0.1) is 9.05 Å². The molecule has 7 nitrogen and oxygen atoms in total. The van der Waals surface area contributed by atoms with Crippen LogP contribution in [0.5, 0.6) is 0 Å². The zero-order chi connectivity index (χ0) is 21.3. The number of hydrogen-bond acceptors (Lipinski definition) is 7. The minimum absolute atomic E-state index is 0.352. The Morgan fingerprint density at radius 2 is 1.20 bits per heavy atom. The molecule has 0 saturated heterocycles. The lowest BCUT2D eigenvalue weighted by molar-refractivity contribution is 0.0877. The first-order chi connectivity index (χ1) is 14.4. The summed E-state index contributed by atoms with van der Waals surface area (Å²) in [6.07, 6.45) is 0. The molecule has 0 radical (unpaired) electrons. The van der Waals surface area contributed by atoms with Crippen LogP contribution in [0.4, 0.5) is 0 Å². The summed E-state index contributed by atoms with van der Waals surface area (Å²) in [7, 11) is -2.62. The van der Waals surface area contributed by atoms with Crippen molar-refractivity contribution in [2.75, 3.05) is 13.2 Å². The highest BCUT2D eigenvalue weighted by Gasteiger charge is 2.25. The van der Waals surface area contributed by atoms with Gasteiger partial charge in [-0.3, -0.25) is 9.59 Å². The van der Waals surface area contributed by atoms with Crippen LogP contribution in [-0.2, 0) is 13.6 Å². The summed E-state index contributed by atoms with van der Waals surface area (Å²) in [5.41, 5.74) is 2.18. The van der Waals surface area contributed by atoms with Crippen LogP contribution >= 0.6 is 8.25 Å². The molecule has 0 N–H and O–H groups in total. The Hall–Kier alpha value is -3.12. The number of hydrogen-bond donors (Lipinski definition) is 0. The van der Waals surface area contributed by atoms with Crippen molar-refractivity contribution >= 4 is 41.8 Å². The molecule has 0 aliphatic carbocycles. The zero-order valence-electron chi connectivity index (χ0n) is 16.3.